The number of morpholine rings is 1. The van der Waals surface area contributed by atoms with Gasteiger partial charge in [0, 0.05) is 19.6 Å². The number of carbonyl (C=O) groups excluding carboxylic acids is 1. The quantitative estimate of drug-likeness (QED) is 0.725. The minimum absolute atomic E-state index is 0.0353. The van der Waals surface area contributed by atoms with E-state index in [2.05, 4.69) is 5.32 Å². The van der Waals surface area contributed by atoms with Crippen molar-refractivity contribution in [3.63, 3.8) is 0 Å². The van der Waals surface area contributed by atoms with Gasteiger partial charge in [-0.3, -0.25) is 0 Å². The molecule has 0 N–H and O–H groups in total. The maximum atomic E-state index is 11.8. The van der Waals surface area contributed by atoms with Gasteiger partial charge >= 0.3 is 6.03 Å². The first-order chi connectivity index (χ1) is 8.86. The van der Waals surface area contributed by atoms with Gasteiger partial charge in [0.25, 0.3) is 0 Å². The molecular formula is C14H25N2O2. The standard InChI is InChI=1S/C14H25N2O2/c17-14(16-9-11-18-12-10-16)15-8-7-13-5-3-1-2-4-6-13/h13H,1-12H2. The molecule has 2 rings (SSSR count). The van der Waals surface area contributed by atoms with Gasteiger partial charge in [-0.1, -0.05) is 38.5 Å². The Labute approximate surface area is 110 Å². The zero-order valence-corrected chi connectivity index (χ0v) is 11.3. The van der Waals surface area contributed by atoms with Crippen LogP contribution in [-0.4, -0.2) is 43.8 Å². The molecule has 0 aromatic carbocycles. The number of carbonyl (C=O) groups is 1. The molecule has 1 saturated carbocycles. The molecule has 2 amide bonds. The number of hydrogen-bond donors (Lipinski definition) is 0. The smallest absolute Gasteiger partial charge is 0.339 e. The van der Waals surface area contributed by atoms with Crippen molar-refractivity contribution in [1.29, 1.82) is 0 Å². The second-order valence-electron chi connectivity index (χ2n) is 5.41. The molecule has 1 heterocycles. The third kappa shape index (κ3) is 4.48. The molecule has 0 aromatic rings. The van der Waals surface area contributed by atoms with Crippen LogP contribution in [0.2, 0.25) is 0 Å². The summed E-state index contributed by atoms with van der Waals surface area (Å²) in [5, 5.41) is 4.20. The molecular weight excluding hydrogens is 228 g/mol. The summed E-state index contributed by atoms with van der Waals surface area (Å²) in [5.74, 6) is 0.800. The van der Waals surface area contributed by atoms with Crippen molar-refractivity contribution in [3.05, 3.63) is 0 Å². The maximum Gasteiger partial charge on any atom is 0.339 e. The Balaban J connectivity index is 1.60. The number of rotatable bonds is 3. The molecule has 0 unspecified atom stereocenters. The topological polar surface area (TPSA) is 43.6 Å². The highest BCUT2D eigenvalue weighted by molar-refractivity contribution is 5.73. The second-order valence-corrected chi connectivity index (χ2v) is 5.41. The van der Waals surface area contributed by atoms with Crippen LogP contribution < -0.4 is 5.32 Å². The number of urea groups is 1. The van der Waals surface area contributed by atoms with Crippen molar-refractivity contribution in [1.82, 2.24) is 10.2 Å². The predicted molar refractivity (Wildman–Crippen MR) is 70.6 cm³/mol. The van der Waals surface area contributed by atoms with Gasteiger partial charge in [0.05, 0.1) is 13.2 Å². The molecule has 2 fully saturated rings. The van der Waals surface area contributed by atoms with E-state index >= 15 is 0 Å². The summed E-state index contributed by atoms with van der Waals surface area (Å²) in [6, 6.07) is -0.0353. The molecule has 0 bridgehead atoms. The Kier molecular flexibility index (Phi) is 5.78. The summed E-state index contributed by atoms with van der Waals surface area (Å²) >= 11 is 0. The van der Waals surface area contributed by atoms with Crippen molar-refractivity contribution in [2.24, 2.45) is 5.92 Å². The van der Waals surface area contributed by atoms with Gasteiger partial charge in [-0.05, 0) is 12.3 Å². The number of hydrogen-bond acceptors (Lipinski definition) is 2. The Morgan fingerprint density at radius 3 is 2.44 bits per heavy atom. The maximum absolute atomic E-state index is 11.8. The van der Waals surface area contributed by atoms with Gasteiger partial charge in [-0.25, -0.2) is 10.1 Å². The van der Waals surface area contributed by atoms with Crippen LogP contribution in [0.1, 0.15) is 44.9 Å². The van der Waals surface area contributed by atoms with Crippen LogP contribution in [0.15, 0.2) is 0 Å². The van der Waals surface area contributed by atoms with Gasteiger partial charge in [0.2, 0.25) is 0 Å². The average molecular weight is 253 g/mol. The largest absolute Gasteiger partial charge is 0.378 e. The molecule has 0 atom stereocenters. The van der Waals surface area contributed by atoms with Crippen LogP contribution in [0.4, 0.5) is 4.79 Å². The fraction of sp³-hybridized carbons (Fsp3) is 0.929. The molecule has 1 radical (unpaired) electrons. The van der Waals surface area contributed by atoms with Gasteiger partial charge in [-0.15, -0.1) is 0 Å². The van der Waals surface area contributed by atoms with E-state index < -0.39 is 0 Å². The predicted octanol–water partition coefficient (Wildman–Crippen LogP) is 2.40. The Hall–Kier alpha value is -0.770. The van der Waals surface area contributed by atoms with E-state index in [4.69, 9.17) is 4.74 Å². The molecule has 103 valence electrons. The minimum Gasteiger partial charge on any atom is -0.378 e. The molecule has 2 aliphatic rings. The zero-order chi connectivity index (χ0) is 12.6. The van der Waals surface area contributed by atoms with E-state index in [1.165, 1.54) is 38.5 Å². The van der Waals surface area contributed by atoms with Crippen LogP contribution in [0.25, 0.3) is 0 Å². The number of amides is 2. The lowest BCUT2D eigenvalue weighted by molar-refractivity contribution is 0.0529. The fourth-order valence-corrected chi connectivity index (χ4v) is 2.85. The normalized spacial score (nSPS) is 22.6. The van der Waals surface area contributed by atoms with Crippen LogP contribution >= 0.6 is 0 Å². The molecule has 1 aliphatic heterocycles. The number of nitrogens with zero attached hydrogens (tertiary/aromatic N) is 2. The summed E-state index contributed by atoms with van der Waals surface area (Å²) in [6.07, 6.45) is 9.27. The van der Waals surface area contributed by atoms with Gasteiger partial charge in [0.15, 0.2) is 0 Å². The van der Waals surface area contributed by atoms with Gasteiger partial charge < -0.3 is 9.64 Å². The lowest BCUT2D eigenvalue weighted by Gasteiger charge is -2.26. The van der Waals surface area contributed by atoms with Crippen LogP contribution in [0, 0.1) is 5.92 Å². The summed E-state index contributed by atoms with van der Waals surface area (Å²) in [5.41, 5.74) is 0. The summed E-state index contributed by atoms with van der Waals surface area (Å²) < 4.78 is 5.23. The van der Waals surface area contributed by atoms with E-state index in [-0.39, 0.29) is 6.03 Å². The molecule has 1 saturated heterocycles. The summed E-state index contributed by atoms with van der Waals surface area (Å²) in [4.78, 5) is 13.6. The molecule has 18 heavy (non-hydrogen) atoms. The fourth-order valence-electron chi connectivity index (χ4n) is 2.85. The highest BCUT2D eigenvalue weighted by Crippen LogP contribution is 2.24. The van der Waals surface area contributed by atoms with Crippen LogP contribution in [0.3, 0.4) is 0 Å². The highest BCUT2D eigenvalue weighted by atomic mass is 16.5. The first kappa shape index (κ1) is 13.7. The van der Waals surface area contributed by atoms with Crippen LogP contribution in [0.5, 0.6) is 0 Å². The Bertz CT molecular complexity index is 244. The van der Waals surface area contributed by atoms with Crippen molar-refractivity contribution in [2.45, 2.75) is 44.9 Å². The summed E-state index contributed by atoms with van der Waals surface area (Å²) in [7, 11) is 0. The third-order valence-corrected chi connectivity index (χ3v) is 4.04. The van der Waals surface area contributed by atoms with Gasteiger partial charge in [-0.2, -0.15) is 0 Å². The highest BCUT2D eigenvalue weighted by Gasteiger charge is 2.18. The molecule has 4 heteroatoms. The van der Waals surface area contributed by atoms with E-state index in [1.54, 1.807) is 4.90 Å². The minimum atomic E-state index is -0.0353. The monoisotopic (exact) mass is 253 g/mol. The Morgan fingerprint density at radius 1 is 1.11 bits per heavy atom. The van der Waals surface area contributed by atoms with Crippen molar-refractivity contribution in [3.8, 4) is 0 Å². The first-order valence-corrected chi connectivity index (χ1v) is 7.40. The van der Waals surface area contributed by atoms with Gasteiger partial charge in [0.1, 0.15) is 0 Å². The zero-order valence-electron chi connectivity index (χ0n) is 11.3. The second kappa shape index (κ2) is 7.62. The molecule has 0 aromatic heterocycles. The Morgan fingerprint density at radius 2 is 1.78 bits per heavy atom. The first-order valence-electron chi connectivity index (χ1n) is 7.40. The van der Waals surface area contributed by atoms with Crippen molar-refractivity contribution in [2.75, 3.05) is 32.8 Å². The van der Waals surface area contributed by atoms with E-state index in [9.17, 15) is 4.79 Å². The molecule has 0 spiro atoms. The van der Waals surface area contributed by atoms with Crippen molar-refractivity contribution >= 4 is 6.03 Å². The lowest BCUT2D eigenvalue weighted by Crippen LogP contribution is -2.44. The average Bonchev–Trinajstić information content (AvgIpc) is 2.68. The lowest BCUT2D eigenvalue weighted by atomic mass is 9.97. The van der Waals surface area contributed by atoms with E-state index in [1.807, 2.05) is 0 Å². The number of ether oxygens (including phenoxy) is 1. The van der Waals surface area contributed by atoms with Crippen molar-refractivity contribution < 1.29 is 9.53 Å². The summed E-state index contributed by atoms with van der Waals surface area (Å²) in [6.45, 7) is 3.42. The van der Waals surface area contributed by atoms with E-state index in [0.29, 0.717) is 32.8 Å². The van der Waals surface area contributed by atoms with E-state index in [0.717, 1.165) is 12.3 Å². The van der Waals surface area contributed by atoms with Crippen LogP contribution in [-0.2, 0) is 4.74 Å². The SMILES string of the molecule is O=C([N]CCC1CCCCCC1)N1CCOCC1. The third-order valence-electron chi connectivity index (χ3n) is 4.04. The molecule has 1 aliphatic carbocycles. The molecule has 4 nitrogen and oxygen atoms in total.